The summed E-state index contributed by atoms with van der Waals surface area (Å²) in [5.41, 5.74) is 2.46. The Morgan fingerprint density at radius 1 is 0.963 bits per heavy atom. The van der Waals surface area contributed by atoms with Gasteiger partial charge >= 0.3 is 0 Å². The van der Waals surface area contributed by atoms with Crippen LogP contribution in [0.3, 0.4) is 0 Å². The molecule has 0 radical (unpaired) electrons. The van der Waals surface area contributed by atoms with E-state index in [4.69, 9.17) is 0 Å². The molecule has 1 aliphatic heterocycles. The van der Waals surface area contributed by atoms with Crippen molar-refractivity contribution >= 4 is 23.1 Å². The minimum Gasteiger partial charge on any atom is -0.508 e. The van der Waals surface area contributed by atoms with Gasteiger partial charge in [0, 0.05) is 56.1 Å². The van der Waals surface area contributed by atoms with Gasteiger partial charge in [0.1, 0.15) is 5.75 Å². The number of carbonyl (C=O) groups is 2. The van der Waals surface area contributed by atoms with Crippen LogP contribution < -0.4 is 10.2 Å². The van der Waals surface area contributed by atoms with Crippen LogP contribution in [0.4, 0.5) is 11.4 Å². The van der Waals surface area contributed by atoms with E-state index < -0.39 is 0 Å². The average molecular weight is 367 g/mol. The molecular weight excluding hydrogens is 342 g/mol. The van der Waals surface area contributed by atoms with E-state index in [1.54, 1.807) is 36.4 Å². The molecule has 0 aromatic heterocycles. The molecule has 0 saturated carbocycles. The van der Waals surface area contributed by atoms with Crippen molar-refractivity contribution in [3.05, 3.63) is 54.1 Å². The number of carbonyl (C=O) groups excluding carboxylic acids is 2. The van der Waals surface area contributed by atoms with E-state index in [1.807, 2.05) is 12.1 Å². The summed E-state index contributed by atoms with van der Waals surface area (Å²) in [4.78, 5) is 28.0. The maximum Gasteiger partial charge on any atom is 0.225 e. The lowest BCUT2D eigenvalue weighted by molar-refractivity contribution is -0.116. The number of aromatic hydroxyl groups is 1. The predicted octanol–water partition coefficient (Wildman–Crippen LogP) is 2.75. The molecule has 2 N–H and O–H groups in total. The van der Waals surface area contributed by atoms with Crippen molar-refractivity contribution in [1.82, 2.24) is 4.90 Å². The number of hydrogen-bond donors (Lipinski definition) is 2. The molecule has 0 bridgehead atoms. The fourth-order valence-electron chi connectivity index (χ4n) is 3.16. The molecule has 1 heterocycles. The van der Waals surface area contributed by atoms with Crippen molar-refractivity contribution in [3.63, 3.8) is 0 Å². The molecule has 3 rings (SSSR count). The van der Waals surface area contributed by atoms with E-state index in [1.165, 1.54) is 6.92 Å². The summed E-state index contributed by atoms with van der Waals surface area (Å²) in [6, 6.07) is 14.2. The van der Waals surface area contributed by atoms with Gasteiger partial charge < -0.3 is 15.3 Å². The largest absolute Gasteiger partial charge is 0.508 e. The Balaban J connectivity index is 1.41. The minimum absolute atomic E-state index is 0.0133. The third-order valence-electron chi connectivity index (χ3n) is 4.82. The van der Waals surface area contributed by atoms with Crippen molar-refractivity contribution in [2.75, 3.05) is 42.9 Å². The molecule has 0 unspecified atom stereocenters. The molecule has 27 heavy (non-hydrogen) atoms. The molecule has 0 spiro atoms. The van der Waals surface area contributed by atoms with Gasteiger partial charge in [0.05, 0.1) is 0 Å². The lowest BCUT2D eigenvalue weighted by Crippen LogP contribution is -2.47. The number of phenols is 1. The van der Waals surface area contributed by atoms with Crippen LogP contribution in [-0.2, 0) is 4.79 Å². The Bertz CT molecular complexity index is 779. The van der Waals surface area contributed by atoms with Gasteiger partial charge in [0.25, 0.3) is 0 Å². The molecule has 2 aromatic rings. The summed E-state index contributed by atoms with van der Waals surface area (Å²) in [7, 11) is 0. The second kappa shape index (κ2) is 8.68. The zero-order valence-electron chi connectivity index (χ0n) is 15.5. The Kier molecular flexibility index (Phi) is 6.08. The zero-order valence-corrected chi connectivity index (χ0v) is 15.5. The van der Waals surface area contributed by atoms with Crippen molar-refractivity contribution in [3.8, 4) is 5.75 Å². The molecule has 6 heteroatoms. The molecule has 1 fully saturated rings. The smallest absolute Gasteiger partial charge is 0.225 e. The van der Waals surface area contributed by atoms with Gasteiger partial charge in [-0.15, -0.1) is 0 Å². The van der Waals surface area contributed by atoms with E-state index in [-0.39, 0.29) is 17.4 Å². The van der Waals surface area contributed by atoms with Gasteiger partial charge in [-0.25, -0.2) is 0 Å². The van der Waals surface area contributed by atoms with Gasteiger partial charge in [0.2, 0.25) is 5.91 Å². The lowest BCUT2D eigenvalue weighted by atomic mass is 10.1. The summed E-state index contributed by atoms with van der Waals surface area (Å²) in [6.07, 6.45) is 0.438. The number of hydrogen-bond acceptors (Lipinski definition) is 5. The first-order chi connectivity index (χ1) is 13.0. The lowest BCUT2D eigenvalue weighted by Gasteiger charge is -2.36. The standard InChI is InChI=1S/C21H25N3O3/c1-16(25)17-2-4-18(5-3-17)22-21(27)10-11-23-12-14-24(15-13-23)19-6-8-20(26)9-7-19/h2-9,26H,10-15H2,1H3,(H,22,27). The molecule has 6 nitrogen and oxygen atoms in total. The first-order valence-corrected chi connectivity index (χ1v) is 9.18. The molecular formula is C21H25N3O3. The maximum atomic E-state index is 12.2. The summed E-state index contributed by atoms with van der Waals surface area (Å²) < 4.78 is 0. The number of piperazine rings is 1. The van der Waals surface area contributed by atoms with Crippen LogP contribution in [-0.4, -0.2) is 54.4 Å². The van der Waals surface area contributed by atoms with E-state index in [2.05, 4.69) is 15.1 Å². The van der Waals surface area contributed by atoms with Crippen LogP contribution in [0.5, 0.6) is 5.75 Å². The highest BCUT2D eigenvalue weighted by Gasteiger charge is 2.17. The Morgan fingerprint density at radius 3 is 2.19 bits per heavy atom. The number of anilines is 2. The second-order valence-corrected chi connectivity index (χ2v) is 6.78. The van der Waals surface area contributed by atoms with Crippen molar-refractivity contribution < 1.29 is 14.7 Å². The van der Waals surface area contributed by atoms with E-state index in [0.717, 1.165) is 38.4 Å². The highest BCUT2D eigenvalue weighted by atomic mass is 16.3. The first-order valence-electron chi connectivity index (χ1n) is 9.18. The summed E-state index contributed by atoms with van der Waals surface area (Å²) >= 11 is 0. The fraction of sp³-hybridized carbons (Fsp3) is 0.333. The van der Waals surface area contributed by atoms with Crippen LogP contribution in [0.1, 0.15) is 23.7 Å². The van der Waals surface area contributed by atoms with Crippen molar-refractivity contribution in [2.24, 2.45) is 0 Å². The van der Waals surface area contributed by atoms with Crippen LogP contribution in [0.15, 0.2) is 48.5 Å². The maximum absolute atomic E-state index is 12.2. The number of nitrogens with zero attached hydrogens (tertiary/aromatic N) is 2. The quantitative estimate of drug-likeness (QED) is 0.768. The first kappa shape index (κ1) is 18.9. The normalized spacial score (nSPS) is 14.8. The summed E-state index contributed by atoms with van der Waals surface area (Å²) in [5, 5.41) is 12.3. The Morgan fingerprint density at radius 2 is 1.59 bits per heavy atom. The number of nitrogens with one attached hydrogen (secondary N) is 1. The topological polar surface area (TPSA) is 72.9 Å². The van der Waals surface area contributed by atoms with Crippen LogP contribution in [0.25, 0.3) is 0 Å². The molecule has 1 saturated heterocycles. The van der Waals surface area contributed by atoms with Gasteiger partial charge in [-0.3, -0.25) is 14.5 Å². The van der Waals surface area contributed by atoms with E-state index in [0.29, 0.717) is 17.7 Å². The monoisotopic (exact) mass is 367 g/mol. The third kappa shape index (κ3) is 5.31. The molecule has 1 amide bonds. The molecule has 0 aliphatic carbocycles. The highest BCUT2D eigenvalue weighted by Crippen LogP contribution is 2.20. The van der Waals surface area contributed by atoms with Crippen molar-refractivity contribution in [2.45, 2.75) is 13.3 Å². The minimum atomic E-state index is -0.0217. The number of rotatable bonds is 6. The van der Waals surface area contributed by atoms with Crippen molar-refractivity contribution in [1.29, 1.82) is 0 Å². The number of Topliss-reactive ketones (excluding diaryl/α,β-unsaturated/α-hetero) is 1. The predicted molar refractivity (Wildman–Crippen MR) is 106 cm³/mol. The molecule has 142 valence electrons. The number of phenolic OH excluding ortho intramolecular Hbond substituents is 1. The molecule has 0 atom stereocenters. The number of ketones is 1. The van der Waals surface area contributed by atoms with E-state index >= 15 is 0 Å². The average Bonchev–Trinajstić information content (AvgIpc) is 2.68. The van der Waals surface area contributed by atoms with Gasteiger partial charge in [0.15, 0.2) is 5.78 Å². The zero-order chi connectivity index (χ0) is 19.2. The molecule has 1 aliphatic rings. The van der Waals surface area contributed by atoms with Crippen LogP contribution in [0.2, 0.25) is 0 Å². The summed E-state index contributed by atoms with van der Waals surface area (Å²) in [6.45, 7) is 5.86. The van der Waals surface area contributed by atoms with Crippen LogP contribution >= 0.6 is 0 Å². The van der Waals surface area contributed by atoms with Gasteiger partial charge in [-0.05, 0) is 55.5 Å². The third-order valence-corrected chi connectivity index (χ3v) is 4.82. The second-order valence-electron chi connectivity index (χ2n) is 6.78. The van der Waals surface area contributed by atoms with Crippen LogP contribution in [0, 0.1) is 0 Å². The Labute approximate surface area is 159 Å². The SMILES string of the molecule is CC(=O)c1ccc(NC(=O)CCN2CCN(c3ccc(O)cc3)CC2)cc1. The van der Waals surface area contributed by atoms with E-state index in [9.17, 15) is 14.7 Å². The molecule has 2 aromatic carbocycles. The number of amides is 1. The van der Waals surface area contributed by atoms with Gasteiger partial charge in [-0.2, -0.15) is 0 Å². The summed E-state index contributed by atoms with van der Waals surface area (Å²) in [5.74, 6) is 0.269. The fourth-order valence-corrected chi connectivity index (χ4v) is 3.16. The Hall–Kier alpha value is -2.86. The number of benzene rings is 2. The highest BCUT2D eigenvalue weighted by molar-refractivity contribution is 5.95. The van der Waals surface area contributed by atoms with Gasteiger partial charge in [-0.1, -0.05) is 0 Å².